The standard InChI is InChI=1S/C31H33N5O3/c1-22-7-9-25(10-8-22)33-16-18-35(19-17-33)29(37)24-11-14-34(15-12-24)27-6-2-5-26-28(27)31(39)36(30(26)38)21-23-4-3-13-32-20-23/h2-10,13,20,24H,11-12,14-19,21H2,1H3. The predicted molar refractivity (Wildman–Crippen MR) is 150 cm³/mol. The number of pyridine rings is 1. The molecule has 0 saturated carbocycles. The molecule has 3 amide bonds. The van der Waals surface area contributed by atoms with Crippen LogP contribution >= 0.6 is 0 Å². The van der Waals surface area contributed by atoms with Crippen molar-refractivity contribution in [2.45, 2.75) is 26.3 Å². The zero-order chi connectivity index (χ0) is 26.9. The number of aryl methyl sites for hydroxylation is 1. The van der Waals surface area contributed by atoms with E-state index in [1.807, 2.05) is 23.1 Å². The zero-order valence-electron chi connectivity index (χ0n) is 22.3. The number of rotatable bonds is 5. The molecule has 0 unspecified atom stereocenters. The Bertz CT molecular complexity index is 1380. The van der Waals surface area contributed by atoms with Crippen LogP contribution in [0.1, 0.15) is 44.7 Å². The maximum absolute atomic E-state index is 13.4. The number of hydrogen-bond donors (Lipinski definition) is 0. The number of carbonyl (C=O) groups is 3. The van der Waals surface area contributed by atoms with Gasteiger partial charge in [-0.15, -0.1) is 0 Å². The van der Waals surface area contributed by atoms with Gasteiger partial charge in [-0.1, -0.05) is 29.8 Å². The Morgan fingerprint density at radius 1 is 0.846 bits per heavy atom. The number of aromatic nitrogens is 1. The van der Waals surface area contributed by atoms with Crippen LogP contribution in [0.25, 0.3) is 0 Å². The average molecular weight is 524 g/mol. The van der Waals surface area contributed by atoms with Gasteiger partial charge in [0.25, 0.3) is 11.8 Å². The highest BCUT2D eigenvalue weighted by Gasteiger charge is 2.39. The molecule has 0 atom stereocenters. The molecule has 4 heterocycles. The van der Waals surface area contributed by atoms with E-state index in [4.69, 9.17) is 0 Å². The van der Waals surface area contributed by atoms with Gasteiger partial charge in [0, 0.05) is 63.3 Å². The number of piperidine rings is 1. The molecule has 0 bridgehead atoms. The third kappa shape index (κ3) is 4.87. The first kappa shape index (κ1) is 25.1. The second kappa shape index (κ2) is 10.5. The van der Waals surface area contributed by atoms with Gasteiger partial charge in [-0.05, 0) is 55.7 Å². The van der Waals surface area contributed by atoms with Crippen LogP contribution in [0.5, 0.6) is 0 Å². The van der Waals surface area contributed by atoms with Crippen molar-refractivity contribution in [2.75, 3.05) is 49.1 Å². The number of hydrogen-bond acceptors (Lipinski definition) is 6. The molecule has 0 aliphatic carbocycles. The summed E-state index contributed by atoms with van der Waals surface area (Å²) in [4.78, 5) is 51.8. The lowest BCUT2D eigenvalue weighted by Crippen LogP contribution is -2.51. The second-order valence-electron chi connectivity index (χ2n) is 10.7. The topological polar surface area (TPSA) is 77.1 Å². The fraction of sp³-hybridized carbons (Fsp3) is 0.355. The maximum atomic E-state index is 13.4. The molecule has 2 fully saturated rings. The number of nitrogens with zero attached hydrogens (tertiary/aromatic N) is 5. The van der Waals surface area contributed by atoms with Gasteiger partial charge in [-0.3, -0.25) is 24.3 Å². The highest BCUT2D eigenvalue weighted by atomic mass is 16.2. The molecule has 200 valence electrons. The summed E-state index contributed by atoms with van der Waals surface area (Å²) in [6.45, 7) is 6.82. The summed E-state index contributed by atoms with van der Waals surface area (Å²) in [5.74, 6) is -0.302. The first-order valence-corrected chi connectivity index (χ1v) is 13.7. The van der Waals surface area contributed by atoms with E-state index in [2.05, 4.69) is 46.0 Å². The monoisotopic (exact) mass is 523 g/mol. The number of imide groups is 1. The summed E-state index contributed by atoms with van der Waals surface area (Å²) in [6.07, 6.45) is 4.82. The summed E-state index contributed by atoms with van der Waals surface area (Å²) >= 11 is 0. The molecule has 0 radical (unpaired) electrons. The van der Waals surface area contributed by atoms with Gasteiger partial charge in [0.05, 0.1) is 23.4 Å². The van der Waals surface area contributed by atoms with E-state index < -0.39 is 0 Å². The molecule has 8 heteroatoms. The van der Waals surface area contributed by atoms with Crippen molar-refractivity contribution in [1.29, 1.82) is 0 Å². The molecule has 2 aromatic carbocycles. The molecular weight excluding hydrogens is 490 g/mol. The van der Waals surface area contributed by atoms with E-state index in [0.29, 0.717) is 24.2 Å². The van der Waals surface area contributed by atoms with Crippen molar-refractivity contribution in [3.63, 3.8) is 0 Å². The molecule has 8 nitrogen and oxygen atoms in total. The average Bonchev–Trinajstić information content (AvgIpc) is 3.23. The van der Waals surface area contributed by atoms with E-state index in [-0.39, 0.29) is 30.2 Å². The minimum Gasteiger partial charge on any atom is -0.371 e. The van der Waals surface area contributed by atoms with Gasteiger partial charge < -0.3 is 14.7 Å². The third-order valence-corrected chi connectivity index (χ3v) is 8.22. The first-order chi connectivity index (χ1) is 19.0. The lowest BCUT2D eigenvalue weighted by atomic mass is 9.93. The zero-order valence-corrected chi connectivity index (χ0v) is 22.3. The molecule has 3 aromatic rings. The molecule has 6 rings (SSSR count). The molecule has 0 N–H and O–H groups in total. The normalized spacial score (nSPS) is 18.1. The van der Waals surface area contributed by atoms with Crippen LogP contribution in [-0.4, -0.2) is 71.8 Å². The van der Waals surface area contributed by atoms with E-state index in [1.165, 1.54) is 16.2 Å². The summed E-state index contributed by atoms with van der Waals surface area (Å²) < 4.78 is 0. The van der Waals surface area contributed by atoms with Crippen LogP contribution in [0.4, 0.5) is 11.4 Å². The summed E-state index contributed by atoms with van der Waals surface area (Å²) in [5, 5.41) is 0. The predicted octanol–water partition coefficient (Wildman–Crippen LogP) is 3.75. The van der Waals surface area contributed by atoms with Crippen LogP contribution in [0.15, 0.2) is 67.0 Å². The number of carbonyl (C=O) groups excluding carboxylic acids is 3. The highest BCUT2D eigenvalue weighted by Crippen LogP contribution is 2.35. The van der Waals surface area contributed by atoms with Crippen LogP contribution in [0.3, 0.4) is 0 Å². The van der Waals surface area contributed by atoms with Crippen molar-refractivity contribution in [1.82, 2.24) is 14.8 Å². The van der Waals surface area contributed by atoms with E-state index in [1.54, 1.807) is 24.5 Å². The maximum Gasteiger partial charge on any atom is 0.263 e. The Labute approximate surface area is 228 Å². The fourth-order valence-corrected chi connectivity index (χ4v) is 5.96. The number of benzene rings is 2. The Morgan fingerprint density at radius 2 is 1.59 bits per heavy atom. The van der Waals surface area contributed by atoms with Gasteiger partial charge in [-0.2, -0.15) is 0 Å². The summed E-state index contributed by atoms with van der Waals surface area (Å²) in [7, 11) is 0. The van der Waals surface area contributed by atoms with Crippen LogP contribution in [0.2, 0.25) is 0 Å². The molecule has 1 aromatic heterocycles. The fourth-order valence-electron chi connectivity index (χ4n) is 5.96. The Hall–Kier alpha value is -4.20. The van der Waals surface area contributed by atoms with Crippen molar-refractivity contribution < 1.29 is 14.4 Å². The van der Waals surface area contributed by atoms with E-state index in [0.717, 1.165) is 50.3 Å². The van der Waals surface area contributed by atoms with Crippen LogP contribution in [-0.2, 0) is 11.3 Å². The number of fused-ring (bicyclic) bond motifs is 1. The van der Waals surface area contributed by atoms with Gasteiger partial charge in [0.1, 0.15) is 0 Å². The summed E-state index contributed by atoms with van der Waals surface area (Å²) in [6, 6.07) is 17.7. The van der Waals surface area contributed by atoms with Gasteiger partial charge in [0.15, 0.2) is 0 Å². The third-order valence-electron chi connectivity index (χ3n) is 8.22. The van der Waals surface area contributed by atoms with Crippen molar-refractivity contribution >= 4 is 29.1 Å². The minimum atomic E-state index is -0.268. The smallest absolute Gasteiger partial charge is 0.263 e. The molecule has 2 saturated heterocycles. The SMILES string of the molecule is Cc1ccc(N2CCN(C(=O)C3CCN(c4cccc5c4C(=O)N(Cc4cccnc4)C5=O)CC3)CC2)cc1. The molecule has 3 aliphatic heterocycles. The van der Waals surface area contributed by atoms with Gasteiger partial charge in [0.2, 0.25) is 5.91 Å². The van der Waals surface area contributed by atoms with Crippen LogP contribution in [0, 0.1) is 12.8 Å². The second-order valence-corrected chi connectivity index (χ2v) is 10.7. The summed E-state index contributed by atoms with van der Waals surface area (Å²) in [5.41, 5.74) is 4.99. The van der Waals surface area contributed by atoms with Crippen molar-refractivity contribution in [3.8, 4) is 0 Å². The van der Waals surface area contributed by atoms with Crippen molar-refractivity contribution in [2.24, 2.45) is 5.92 Å². The lowest BCUT2D eigenvalue weighted by molar-refractivity contribution is -0.136. The van der Waals surface area contributed by atoms with Crippen molar-refractivity contribution in [3.05, 3.63) is 89.2 Å². The molecule has 0 spiro atoms. The van der Waals surface area contributed by atoms with E-state index >= 15 is 0 Å². The minimum absolute atomic E-state index is 0.0108. The quantitative estimate of drug-likeness (QED) is 0.474. The highest BCUT2D eigenvalue weighted by molar-refractivity contribution is 6.23. The molecule has 3 aliphatic rings. The number of piperazine rings is 1. The lowest BCUT2D eigenvalue weighted by Gasteiger charge is -2.40. The molecular formula is C31H33N5O3. The van der Waals surface area contributed by atoms with E-state index in [9.17, 15) is 14.4 Å². The Kier molecular flexibility index (Phi) is 6.77. The molecule has 39 heavy (non-hydrogen) atoms. The largest absolute Gasteiger partial charge is 0.371 e. The van der Waals surface area contributed by atoms with Gasteiger partial charge in [-0.25, -0.2) is 0 Å². The first-order valence-electron chi connectivity index (χ1n) is 13.7. The van der Waals surface area contributed by atoms with Crippen LogP contribution < -0.4 is 9.80 Å². The Balaban J connectivity index is 1.08. The number of anilines is 2. The van der Waals surface area contributed by atoms with Gasteiger partial charge >= 0.3 is 0 Å². The Morgan fingerprint density at radius 3 is 2.28 bits per heavy atom. The number of amides is 3.